The van der Waals surface area contributed by atoms with E-state index in [9.17, 15) is 0 Å². The summed E-state index contributed by atoms with van der Waals surface area (Å²) in [6, 6.07) is 50.5. The Morgan fingerprint density at radius 3 is 2.36 bits per heavy atom. The third-order valence-electron chi connectivity index (χ3n) is 11.2. The van der Waals surface area contributed by atoms with Gasteiger partial charge >= 0.3 is 0 Å². The van der Waals surface area contributed by atoms with Crippen molar-refractivity contribution in [1.82, 2.24) is 19.5 Å². The summed E-state index contributed by atoms with van der Waals surface area (Å²) in [6.45, 7) is 5.80. The topological polar surface area (TPSA) is 69.9 Å². The number of fused-ring (bicyclic) bond motifs is 7. The molecule has 0 saturated carbocycles. The van der Waals surface area contributed by atoms with E-state index in [1.54, 1.807) is 24.4 Å². The number of imidazole rings is 1. The molecule has 6 nitrogen and oxygen atoms in total. The molecule has 8 heteroatoms. The molecule has 0 unspecified atom stereocenters. The number of para-hydroxylation sites is 3. The van der Waals surface area contributed by atoms with Crippen LogP contribution in [0.2, 0.25) is 19.6 Å². The number of hydrogen-bond donors (Lipinski definition) is 0. The van der Waals surface area contributed by atoms with Gasteiger partial charge in [-0.2, -0.15) is 0 Å². The predicted octanol–water partition coefficient (Wildman–Crippen LogP) is 14.3. The Hall–Kier alpha value is -6.44. The first-order chi connectivity index (χ1) is 33.7. The van der Waals surface area contributed by atoms with E-state index in [0.717, 1.165) is 65.7 Å². The normalized spacial score (nSPS) is 14.2. The zero-order valence-corrected chi connectivity index (χ0v) is 39.3. The fraction of sp³-hybridized carbons (Fsp3) is 0.161. The van der Waals surface area contributed by atoms with E-state index in [1.165, 1.54) is 12.1 Å². The fourth-order valence-corrected chi connectivity index (χ4v) is 9.69. The van der Waals surface area contributed by atoms with Gasteiger partial charge in [0.25, 0.3) is 0 Å². The Balaban J connectivity index is 0.000000204. The number of furan rings is 2. The summed E-state index contributed by atoms with van der Waals surface area (Å²) in [5.41, 5.74) is 9.90. The monoisotopic (exact) mass is 1040 g/mol. The molecule has 1 radical (unpaired) electrons. The van der Waals surface area contributed by atoms with Crippen molar-refractivity contribution in [3.8, 4) is 39.5 Å². The molecule has 0 atom stereocenters. The van der Waals surface area contributed by atoms with Crippen molar-refractivity contribution in [2.24, 2.45) is 5.92 Å². The summed E-state index contributed by atoms with van der Waals surface area (Å²) in [5.74, 6) is 0.464. The number of aromatic nitrogens is 4. The zero-order chi connectivity index (χ0) is 50.2. The van der Waals surface area contributed by atoms with Crippen LogP contribution in [0, 0.1) is 31.8 Å². The molecule has 0 amide bonds. The van der Waals surface area contributed by atoms with Crippen LogP contribution in [-0.4, -0.2) is 27.6 Å². The van der Waals surface area contributed by atoms with E-state index in [4.69, 9.17) is 24.8 Å². The van der Waals surface area contributed by atoms with Crippen LogP contribution in [0.5, 0.6) is 0 Å². The van der Waals surface area contributed by atoms with E-state index in [2.05, 4.69) is 76.6 Å². The van der Waals surface area contributed by atoms with E-state index in [-0.39, 0.29) is 43.0 Å². The van der Waals surface area contributed by atoms with Crippen LogP contribution < -0.4 is 5.19 Å². The number of hydrogen-bond acceptors (Lipinski definition) is 5. The molecule has 319 valence electrons. The molecule has 6 aromatic carbocycles. The quantitative estimate of drug-likeness (QED) is 0.117. The molecule has 0 aliphatic carbocycles. The summed E-state index contributed by atoms with van der Waals surface area (Å²) >= 11 is 0. The molecule has 0 aliphatic heterocycles. The van der Waals surface area contributed by atoms with Crippen LogP contribution in [0.25, 0.3) is 94.5 Å². The minimum atomic E-state index is -2.35. The molecule has 0 bridgehead atoms. The number of aryl methyl sites for hydroxylation is 2. The van der Waals surface area contributed by atoms with Gasteiger partial charge in [-0.05, 0) is 78.1 Å². The van der Waals surface area contributed by atoms with Crippen molar-refractivity contribution in [3.63, 3.8) is 0 Å². The van der Waals surface area contributed by atoms with E-state index in [1.807, 2.05) is 92.7 Å². The molecular weight excluding hydrogens is 981 g/mol. The van der Waals surface area contributed by atoms with Gasteiger partial charge in [0.2, 0.25) is 5.71 Å². The fourth-order valence-electron chi connectivity index (χ4n) is 8.28. The van der Waals surface area contributed by atoms with Gasteiger partial charge < -0.3 is 18.4 Å². The third-order valence-corrected chi connectivity index (χ3v) is 13.2. The molecule has 0 aliphatic rings. The maximum absolute atomic E-state index is 8.59. The summed E-state index contributed by atoms with van der Waals surface area (Å²) in [7, 11) is -1.78. The molecular formula is C56H48IrN4O2Si-2. The van der Waals surface area contributed by atoms with Gasteiger partial charge in [0.15, 0.2) is 0 Å². The van der Waals surface area contributed by atoms with Crippen molar-refractivity contribution in [2.75, 3.05) is 0 Å². The summed E-state index contributed by atoms with van der Waals surface area (Å²) in [4.78, 5) is 14.0. The largest absolute Gasteiger partial charge is 0.486 e. The van der Waals surface area contributed by atoms with Crippen LogP contribution in [0.3, 0.4) is 0 Å². The van der Waals surface area contributed by atoms with Gasteiger partial charge in [-0.25, -0.2) is 4.98 Å². The third kappa shape index (κ3) is 7.91. The maximum Gasteiger partial charge on any atom is 0.216 e. The first kappa shape index (κ1) is 34.0. The number of benzene rings is 6. The molecule has 5 aromatic heterocycles. The van der Waals surface area contributed by atoms with E-state index < -0.39 is 28.2 Å². The van der Waals surface area contributed by atoms with Crippen LogP contribution >= 0.6 is 0 Å². The molecule has 64 heavy (non-hydrogen) atoms. The first-order valence-electron chi connectivity index (χ1n) is 25.0. The second-order valence-electron chi connectivity index (χ2n) is 17.0. The Morgan fingerprint density at radius 1 is 0.766 bits per heavy atom. The van der Waals surface area contributed by atoms with Crippen LogP contribution in [-0.2, 0) is 26.5 Å². The predicted molar refractivity (Wildman–Crippen MR) is 263 cm³/mol. The Bertz CT molecular complexity index is 3800. The van der Waals surface area contributed by atoms with E-state index in [0.29, 0.717) is 33.8 Å². The zero-order valence-electron chi connectivity index (χ0n) is 43.9. The summed E-state index contributed by atoms with van der Waals surface area (Å²) in [5, 5.41) is 4.51. The van der Waals surface area contributed by atoms with Gasteiger partial charge in [-0.3, -0.25) is 4.98 Å². The van der Waals surface area contributed by atoms with Gasteiger partial charge in [0.1, 0.15) is 11.2 Å². The smallest absolute Gasteiger partial charge is 0.216 e. The molecule has 0 saturated heterocycles. The number of rotatable bonds is 7. The number of pyridine rings is 2. The standard InChI is InChI=1S/C37H22N3O2.C19H26NSi.Ir/c1-22-18-19-26-25-13-9-14-28(34(25)42-37(26)38-22)36-39-29-15-6-7-16-30(29)40(36)31-21-20-24(23-10-3-2-4-11-23)35-33(31)27-12-5-8-17-32(27)41-35;1-14(2)11-17-12-18(16-9-7-15(3)8-10-16)20-13-19(17)21(4,5)6;/h2-13,15-21H,1H3;7-9,12-14H,11H2,1-6H3;/q2*-1;/i1D3;3D3,11D2;. The van der Waals surface area contributed by atoms with Crippen LogP contribution in [0.15, 0.2) is 155 Å². The van der Waals surface area contributed by atoms with Gasteiger partial charge in [0.05, 0.1) is 41.6 Å². The Kier molecular flexibility index (Phi) is 9.18. The summed E-state index contributed by atoms with van der Waals surface area (Å²) in [6.07, 6.45) is 0.328. The number of nitrogens with zero attached hydrogens (tertiary/aromatic N) is 4. The minimum absolute atomic E-state index is 0. The van der Waals surface area contributed by atoms with Crippen LogP contribution in [0.4, 0.5) is 0 Å². The van der Waals surface area contributed by atoms with Crippen molar-refractivity contribution < 1.29 is 39.9 Å². The molecule has 0 fully saturated rings. The maximum atomic E-state index is 8.59. The second kappa shape index (κ2) is 17.3. The van der Waals surface area contributed by atoms with Crippen molar-refractivity contribution >= 4 is 68.3 Å². The van der Waals surface area contributed by atoms with Gasteiger partial charge in [-0.1, -0.05) is 124 Å². The summed E-state index contributed by atoms with van der Waals surface area (Å²) < 4.78 is 78.1. The molecule has 5 heterocycles. The second-order valence-corrected chi connectivity index (χ2v) is 22.0. The minimum Gasteiger partial charge on any atom is -0.486 e. The van der Waals surface area contributed by atoms with Gasteiger partial charge in [0, 0.05) is 59.3 Å². The molecule has 0 spiro atoms. The average molecular weight is 1040 g/mol. The first-order valence-corrected chi connectivity index (χ1v) is 24.5. The molecule has 11 rings (SSSR count). The van der Waals surface area contributed by atoms with E-state index >= 15 is 0 Å². The Labute approximate surface area is 399 Å². The van der Waals surface area contributed by atoms with Crippen molar-refractivity contribution in [3.05, 3.63) is 175 Å². The Morgan fingerprint density at radius 2 is 1.58 bits per heavy atom. The molecule has 0 N–H and O–H groups in total. The van der Waals surface area contributed by atoms with Gasteiger partial charge in [-0.15, -0.1) is 53.6 Å². The average Bonchev–Trinajstić information content (AvgIpc) is 4.05. The van der Waals surface area contributed by atoms with Crippen LogP contribution in [0.1, 0.15) is 41.6 Å². The SMILES string of the molecule is [2H]C([2H])([2H])c1c[c-]c(-c2cc(C([2H])([2H])C(C)C)c([Si](C)(C)C)cn2)cc1.[2H]C([2H])([2H])c1ccc2c(n1)oc1c(-c3nc4ccccc4n3-c3ccc(-c4ccccc4)c4oc5ccccc5c34)[c-]ccc12.[Ir]. The van der Waals surface area contributed by atoms with Crippen molar-refractivity contribution in [2.45, 2.75) is 53.6 Å². The van der Waals surface area contributed by atoms with Crippen molar-refractivity contribution in [1.29, 1.82) is 0 Å². The molecule has 11 aromatic rings.